The SMILES string of the molecule is O=C(O)C1CC2CCC1N2C(=O)NC1C2C3CCC(C3)C12. The Morgan fingerprint density at radius 1 is 1.00 bits per heavy atom. The molecule has 114 valence electrons. The average molecular weight is 290 g/mol. The number of nitrogens with zero attached hydrogens (tertiary/aromatic N) is 1. The minimum absolute atomic E-state index is 0.0186. The molecule has 2 N–H and O–H groups in total. The van der Waals surface area contributed by atoms with Crippen LogP contribution in [0.2, 0.25) is 0 Å². The number of carboxylic acids is 1. The molecule has 5 fully saturated rings. The van der Waals surface area contributed by atoms with E-state index in [4.69, 9.17) is 0 Å². The summed E-state index contributed by atoms with van der Waals surface area (Å²) < 4.78 is 0. The van der Waals surface area contributed by atoms with E-state index in [2.05, 4.69) is 5.32 Å². The lowest BCUT2D eigenvalue weighted by Gasteiger charge is -2.24. The molecule has 0 aromatic heterocycles. The summed E-state index contributed by atoms with van der Waals surface area (Å²) in [5, 5.41) is 12.5. The Labute approximate surface area is 124 Å². The number of aliphatic carboxylic acids is 1. The van der Waals surface area contributed by atoms with Crippen LogP contribution in [0.4, 0.5) is 4.79 Å². The number of fused-ring (bicyclic) bond motifs is 7. The third-order valence-electron chi connectivity index (χ3n) is 7.11. The maximum Gasteiger partial charge on any atom is 0.318 e. The van der Waals surface area contributed by atoms with Gasteiger partial charge in [0.25, 0.3) is 0 Å². The maximum atomic E-state index is 12.6. The summed E-state index contributed by atoms with van der Waals surface area (Å²) in [6.07, 6.45) is 6.58. The Hall–Kier alpha value is -1.26. The second-order valence-electron chi connectivity index (χ2n) is 7.85. The number of hydrogen-bond donors (Lipinski definition) is 2. The lowest BCUT2D eigenvalue weighted by molar-refractivity contribution is -0.142. The largest absolute Gasteiger partial charge is 0.481 e. The van der Waals surface area contributed by atoms with Crippen molar-refractivity contribution in [2.75, 3.05) is 0 Å². The summed E-state index contributed by atoms with van der Waals surface area (Å²) in [6.45, 7) is 0. The van der Waals surface area contributed by atoms with Gasteiger partial charge >= 0.3 is 12.0 Å². The smallest absolute Gasteiger partial charge is 0.318 e. The van der Waals surface area contributed by atoms with E-state index in [0.29, 0.717) is 12.5 Å². The van der Waals surface area contributed by atoms with Crippen LogP contribution in [-0.4, -0.2) is 40.1 Å². The van der Waals surface area contributed by atoms with Gasteiger partial charge in [0.2, 0.25) is 0 Å². The molecule has 0 radical (unpaired) electrons. The first kappa shape index (κ1) is 12.3. The summed E-state index contributed by atoms with van der Waals surface area (Å²) in [5.74, 6) is 2.11. The number of amides is 2. The van der Waals surface area contributed by atoms with Crippen molar-refractivity contribution < 1.29 is 14.7 Å². The van der Waals surface area contributed by atoms with E-state index >= 15 is 0 Å². The fraction of sp³-hybridized carbons (Fsp3) is 0.875. The van der Waals surface area contributed by atoms with Crippen LogP contribution >= 0.6 is 0 Å². The Morgan fingerprint density at radius 3 is 2.33 bits per heavy atom. The third-order valence-corrected chi connectivity index (χ3v) is 7.11. The van der Waals surface area contributed by atoms with E-state index in [1.165, 1.54) is 19.3 Å². The van der Waals surface area contributed by atoms with Gasteiger partial charge in [0.1, 0.15) is 0 Å². The molecule has 7 unspecified atom stereocenters. The van der Waals surface area contributed by atoms with Crippen LogP contribution in [-0.2, 0) is 4.79 Å². The predicted octanol–water partition coefficient (Wildman–Crippen LogP) is 1.68. The highest BCUT2D eigenvalue weighted by molar-refractivity contribution is 5.80. The zero-order valence-corrected chi connectivity index (χ0v) is 12.1. The van der Waals surface area contributed by atoms with Gasteiger partial charge in [-0.1, -0.05) is 0 Å². The van der Waals surface area contributed by atoms with Gasteiger partial charge in [0, 0.05) is 18.1 Å². The Kier molecular flexibility index (Phi) is 2.30. The molecule has 5 rings (SSSR count). The Balaban J connectivity index is 1.27. The highest BCUT2D eigenvalue weighted by atomic mass is 16.4. The van der Waals surface area contributed by atoms with Crippen molar-refractivity contribution in [1.82, 2.24) is 10.2 Å². The summed E-state index contributed by atoms with van der Waals surface area (Å²) in [6, 6.07) is 0.506. The minimum atomic E-state index is -0.735. The first-order valence-electron chi connectivity index (χ1n) is 8.47. The lowest BCUT2D eigenvalue weighted by atomic mass is 9.89. The summed E-state index contributed by atoms with van der Waals surface area (Å²) >= 11 is 0. The van der Waals surface area contributed by atoms with Gasteiger partial charge in [-0.15, -0.1) is 0 Å². The molecular formula is C16H22N2O3. The van der Waals surface area contributed by atoms with E-state index in [1.807, 2.05) is 4.90 Å². The van der Waals surface area contributed by atoms with E-state index in [9.17, 15) is 14.7 Å². The van der Waals surface area contributed by atoms with Gasteiger partial charge in [0.05, 0.1) is 5.92 Å². The standard InChI is InChI=1S/C16H22N2O3/c19-15(20)10-6-9-3-4-11(10)18(9)16(21)17-14-12-7-1-2-8(5-7)13(12)14/h7-14H,1-6H2,(H,17,21)(H,19,20). The fourth-order valence-electron chi connectivity index (χ4n) is 6.31. The van der Waals surface area contributed by atoms with Crippen molar-refractivity contribution >= 4 is 12.0 Å². The van der Waals surface area contributed by atoms with Gasteiger partial charge in [-0.25, -0.2) is 4.79 Å². The molecule has 5 nitrogen and oxygen atoms in total. The van der Waals surface area contributed by atoms with Crippen molar-refractivity contribution in [3.05, 3.63) is 0 Å². The topological polar surface area (TPSA) is 69.6 Å². The minimum Gasteiger partial charge on any atom is -0.481 e. The molecule has 5 aliphatic rings. The molecular weight excluding hydrogens is 268 g/mol. The van der Waals surface area contributed by atoms with Crippen molar-refractivity contribution in [2.45, 2.75) is 56.7 Å². The van der Waals surface area contributed by atoms with E-state index in [1.54, 1.807) is 0 Å². The zero-order valence-electron chi connectivity index (χ0n) is 12.1. The van der Waals surface area contributed by atoms with E-state index < -0.39 is 5.97 Å². The second-order valence-corrected chi connectivity index (χ2v) is 7.85. The Bertz CT molecular complexity index is 506. The normalized spacial score (nSPS) is 52.1. The van der Waals surface area contributed by atoms with Gasteiger partial charge in [-0.2, -0.15) is 0 Å². The number of carbonyl (C=O) groups is 2. The molecule has 0 aromatic rings. The molecule has 2 heterocycles. The monoisotopic (exact) mass is 290 g/mol. The van der Waals surface area contributed by atoms with Crippen LogP contribution in [0.3, 0.4) is 0 Å². The molecule has 0 aromatic carbocycles. The summed E-state index contributed by atoms with van der Waals surface area (Å²) in [5.41, 5.74) is 0. The molecule has 3 aliphatic carbocycles. The molecule has 5 heteroatoms. The first-order chi connectivity index (χ1) is 10.1. The van der Waals surface area contributed by atoms with Crippen LogP contribution in [0, 0.1) is 29.6 Å². The number of carboxylic acid groups (broad SMARTS) is 1. The maximum absolute atomic E-state index is 12.6. The molecule has 3 saturated carbocycles. The molecule has 7 atom stereocenters. The van der Waals surface area contributed by atoms with Gasteiger partial charge in [-0.3, -0.25) is 4.79 Å². The van der Waals surface area contributed by atoms with Crippen molar-refractivity contribution in [3.8, 4) is 0 Å². The summed E-state index contributed by atoms with van der Waals surface area (Å²) in [7, 11) is 0. The highest BCUT2D eigenvalue weighted by Gasteiger charge is 2.66. The molecule has 2 amide bonds. The number of carbonyl (C=O) groups excluding carboxylic acids is 1. The van der Waals surface area contributed by atoms with Crippen LogP contribution < -0.4 is 5.32 Å². The number of hydrogen-bond acceptors (Lipinski definition) is 2. The zero-order chi connectivity index (χ0) is 14.3. The molecule has 4 bridgehead atoms. The van der Waals surface area contributed by atoms with Crippen molar-refractivity contribution in [1.29, 1.82) is 0 Å². The van der Waals surface area contributed by atoms with Gasteiger partial charge in [-0.05, 0) is 62.2 Å². The van der Waals surface area contributed by atoms with Crippen LogP contribution in [0.1, 0.15) is 38.5 Å². The third kappa shape index (κ3) is 1.52. The first-order valence-corrected chi connectivity index (χ1v) is 8.47. The lowest BCUT2D eigenvalue weighted by Crippen LogP contribution is -2.46. The summed E-state index contributed by atoms with van der Waals surface area (Å²) in [4.78, 5) is 25.8. The molecule has 2 aliphatic heterocycles. The van der Waals surface area contributed by atoms with Gasteiger partial charge in [0.15, 0.2) is 0 Å². The van der Waals surface area contributed by atoms with Crippen LogP contribution in [0.5, 0.6) is 0 Å². The quantitative estimate of drug-likeness (QED) is 0.813. The number of rotatable bonds is 2. The average Bonchev–Trinajstić information content (AvgIpc) is 2.96. The number of nitrogens with one attached hydrogen (secondary N) is 1. The second kappa shape index (κ2) is 3.93. The van der Waals surface area contributed by atoms with Crippen molar-refractivity contribution in [3.63, 3.8) is 0 Å². The fourth-order valence-corrected chi connectivity index (χ4v) is 6.31. The number of urea groups is 1. The van der Waals surface area contributed by atoms with Crippen LogP contribution in [0.25, 0.3) is 0 Å². The molecule has 0 spiro atoms. The Morgan fingerprint density at radius 2 is 1.71 bits per heavy atom. The highest BCUT2D eigenvalue weighted by Crippen LogP contribution is 2.65. The van der Waals surface area contributed by atoms with Gasteiger partial charge < -0.3 is 15.3 Å². The van der Waals surface area contributed by atoms with Crippen LogP contribution in [0.15, 0.2) is 0 Å². The predicted molar refractivity (Wildman–Crippen MR) is 74.5 cm³/mol. The van der Waals surface area contributed by atoms with E-state index in [0.717, 1.165) is 36.5 Å². The van der Waals surface area contributed by atoms with E-state index in [-0.39, 0.29) is 24.0 Å². The molecule has 2 saturated heterocycles. The molecule has 21 heavy (non-hydrogen) atoms. The van der Waals surface area contributed by atoms with Crippen molar-refractivity contribution in [2.24, 2.45) is 29.6 Å².